The smallest absolute Gasteiger partial charge is 0.249 e. The van der Waals surface area contributed by atoms with Crippen LogP contribution >= 0.6 is 0 Å². The molecule has 0 aliphatic carbocycles. The van der Waals surface area contributed by atoms with E-state index in [9.17, 15) is 4.79 Å². The van der Waals surface area contributed by atoms with E-state index in [0.29, 0.717) is 31.4 Å². The van der Waals surface area contributed by atoms with Gasteiger partial charge in [0.05, 0.1) is 19.4 Å². The number of imidazole rings is 1. The van der Waals surface area contributed by atoms with Crippen LogP contribution in [-0.2, 0) is 9.53 Å². The third kappa shape index (κ3) is 3.88. The SMILES string of the molecule is C#C.CC.O=C1Nc2cnc(-n3ccnc3-c3ccccc3)nc2N2CCOCC12. The quantitative estimate of drug-likeness (QED) is 0.661. The summed E-state index contributed by atoms with van der Waals surface area (Å²) >= 11 is 0. The Labute approximate surface area is 175 Å². The molecule has 3 aromatic rings. The second kappa shape index (κ2) is 9.67. The van der Waals surface area contributed by atoms with E-state index in [1.807, 2.05) is 59.8 Å². The minimum absolute atomic E-state index is 0.0823. The number of nitrogens with zero attached hydrogens (tertiary/aromatic N) is 5. The number of fused-ring (bicyclic) bond motifs is 3. The molecule has 1 N–H and O–H groups in total. The first-order valence-corrected chi connectivity index (χ1v) is 9.76. The molecule has 8 nitrogen and oxygen atoms in total. The summed E-state index contributed by atoms with van der Waals surface area (Å²) in [6.45, 7) is 5.56. The first-order chi connectivity index (χ1) is 14.8. The second-order valence-corrected chi connectivity index (χ2v) is 6.17. The maximum absolute atomic E-state index is 12.2. The van der Waals surface area contributed by atoms with Crippen molar-refractivity contribution in [3.8, 4) is 30.2 Å². The Morgan fingerprint density at radius 3 is 2.70 bits per heavy atom. The van der Waals surface area contributed by atoms with Crippen molar-refractivity contribution in [2.75, 3.05) is 30.0 Å². The normalized spacial score (nSPS) is 16.6. The number of hydrogen-bond donors (Lipinski definition) is 1. The van der Waals surface area contributed by atoms with Gasteiger partial charge in [0.15, 0.2) is 5.82 Å². The van der Waals surface area contributed by atoms with Gasteiger partial charge in [-0.3, -0.25) is 9.36 Å². The zero-order valence-electron chi connectivity index (χ0n) is 17.0. The van der Waals surface area contributed by atoms with Gasteiger partial charge >= 0.3 is 0 Å². The van der Waals surface area contributed by atoms with Crippen molar-refractivity contribution < 1.29 is 9.53 Å². The summed E-state index contributed by atoms with van der Waals surface area (Å²) in [4.78, 5) is 27.8. The first kappa shape index (κ1) is 21.0. The number of carbonyl (C=O) groups is 1. The molecule has 1 atom stereocenters. The largest absolute Gasteiger partial charge is 0.377 e. The van der Waals surface area contributed by atoms with Crippen LogP contribution in [0.1, 0.15) is 13.8 Å². The lowest BCUT2D eigenvalue weighted by Gasteiger charge is -2.39. The van der Waals surface area contributed by atoms with Gasteiger partial charge in [0.2, 0.25) is 11.9 Å². The number of hydrogen-bond acceptors (Lipinski definition) is 6. The molecule has 2 aliphatic heterocycles. The van der Waals surface area contributed by atoms with E-state index >= 15 is 0 Å². The van der Waals surface area contributed by atoms with Crippen molar-refractivity contribution >= 4 is 17.4 Å². The molecule has 8 heteroatoms. The highest BCUT2D eigenvalue weighted by Gasteiger charge is 2.36. The number of nitrogens with one attached hydrogen (secondary N) is 1. The molecule has 1 amide bonds. The van der Waals surface area contributed by atoms with Crippen LogP contribution in [0.4, 0.5) is 11.5 Å². The van der Waals surface area contributed by atoms with Crippen LogP contribution in [0.3, 0.4) is 0 Å². The van der Waals surface area contributed by atoms with E-state index < -0.39 is 0 Å². The number of terminal acetylenes is 1. The zero-order valence-corrected chi connectivity index (χ0v) is 17.0. The van der Waals surface area contributed by atoms with Crippen molar-refractivity contribution in [1.82, 2.24) is 19.5 Å². The molecule has 154 valence electrons. The molecule has 2 aliphatic rings. The van der Waals surface area contributed by atoms with E-state index in [1.165, 1.54) is 0 Å². The van der Waals surface area contributed by atoms with Crippen molar-refractivity contribution in [3.63, 3.8) is 0 Å². The number of aromatic nitrogens is 4. The highest BCUT2D eigenvalue weighted by atomic mass is 16.5. The van der Waals surface area contributed by atoms with Gasteiger partial charge in [0.25, 0.3) is 0 Å². The van der Waals surface area contributed by atoms with Gasteiger partial charge in [-0.15, -0.1) is 12.8 Å². The molecule has 0 saturated carbocycles. The Morgan fingerprint density at radius 2 is 1.93 bits per heavy atom. The number of benzene rings is 1. The fourth-order valence-electron chi connectivity index (χ4n) is 3.34. The summed E-state index contributed by atoms with van der Waals surface area (Å²) < 4.78 is 7.29. The standard InChI is InChI=1S/C18H16N6O2.C2H6.C2H2/c25-17-14-11-26-9-8-23(14)16-13(21-17)10-20-18(22-16)24-7-6-19-15(24)12-4-2-1-3-5-12;2*1-2/h1-7,10,14H,8-9,11H2,(H,21,25);1-2H3;1-2H. The summed E-state index contributed by atoms with van der Waals surface area (Å²) in [5.74, 6) is 1.92. The van der Waals surface area contributed by atoms with Crippen LogP contribution in [0.5, 0.6) is 0 Å². The van der Waals surface area contributed by atoms with Crippen LogP contribution in [0.25, 0.3) is 17.3 Å². The summed E-state index contributed by atoms with van der Waals surface area (Å²) in [6.07, 6.45) is 13.2. The van der Waals surface area contributed by atoms with Crippen molar-refractivity contribution in [3.05, 3.63) is 48.9 Å². The van der Waals surface area contributed by atoms with Gasteiger partial charge in [-0.25, -0.2) is 9.97 Å². The number of anilines is 2. The Morgan fingerprint density at radius 1 is 1.17 bits per heavy atom. The highest BCUT2D eigenvalue weighted by Crippen LogP contribution is 2.32. The van der Waals surface area contributed by atoms with Crippen LogP contribution in [-0.4, -0.2) is 51.2 Å². The molecule has 0 spiro atoms. The Kier molecular flexibility index (Phi) is 6.78. The molecule has 4 heterocycles. The van der Waals surface area contributed by atoms with Gasteiger partial charge in [-0.05, 0) is 0 Å². The number of amides is 1. The van der Waals surface area contributed by atoms with Gasteiger partial charge in [-0.2, -0.15) is 4.98 Å². The van der Waals surface area contributed by atoms with Crippen LogP contribution in [0.15, 0.2) is 48.9 Å². The molecule has 0 radical (unpaired) electrons. The third-order valence-corrected chi connectivity index (χ3v) is 4.61. The van der Waals surface area contributed by atoms with Gasteiger partial charge in [0, 0.05) is 24.5 Å². The Bertz CT molecular complexity index is 1010. The van der Waals surface area contributed by atoms with Gasteiger partial charge in [0.1, 0.15) is 17.6 Å². The van der Waals surface area contributed by atoms with Gasteiger partial charge in [-0.1, -0.05) is 44.2 Å². The van der Waals surface area contributed by atoms with Crippen LogP contribution in [0.2, 0.25) is 0 Å². The monoisotopic (exact) mass is 404 g/mol. The molecule has 5 rings (SSSR count). The molecule has 2 aromatic heterocycles. The fourth-order valence-corrected chi connectivity index (χ4v) is 3.34. The van der Waals surface area contributed by atoms with E-state index in [0.717, 1.165) is 17.2 Å². The highest BCUT2D eigenvalue weighted by molar-refractivity contribution is 6.02. The Hall–Kier alpha value is -3.70. The molecular weight excluding hydrogens is 380 g/mol. The van der Waals surface area contributed by atoms with Crippen molar-refractivity contribution in [2.24, 2.45) is 0 Å². The lowest BCUT2D eigenvalue weighted by molar-refractivity contribution is -0.120. The number of ether oxygens (including phenoxy) is 1. The third-order valence-electron chi connectivity index (χ3n) is 4.61. The van der Waals surface area contributed by atoms with E-state index in [4.69, 9.17) is 9.72 Å². The van der Waals surface area contributed by atoms with Crippen molar-refractivity contribution in [2.45, 2.75) is 19.9 Å². The zero-order chi connectivity index (χ0) is 21.5. The Balaban J connectivity index is 0.000000606. The first-order valence-electron chi connectivity index (χ1n) is 9.76. The molecule has 30 heavy (non-hydrogen) atoms. The second-order valence-electron chi connectivity index (χ2n) is 6.17. The lowest BCUT2D eigenvalue weighted by atomic mass is 10.1. The van der Waals surface area contributed by atoms with E-state index in [-0.39, 0.29) is 11.9 Å². The maximum atomic E-state index is 12.2. The average molecular weight is 404 g/mol. The number of morpholine rings is 1. The van der Waals surface area contributed by atoms with E-state index in [1.54, 1.807) is 12.4 Å². The molecule has 1 saturated heterocycles. The van der Waals surface area contributed by atoms with Crippen molar-refractivity contribution in [1.29, 1.82) is 0 Å². The van der Waals surface area contributed by atoms with E-state index in [2.05, 4.69) is 28.1 Å². The summed E-state index contributed by atoms with van der Waals surface area (Å²) in [5, 5.41) is 2.87. The summed E-state index contributed by atoms with van der Waals surface area (Å²) in [6, 6.07) is 9.54. The van der Waals surface area contributed by atoms with Crippen LogP contribution in [0, 0.1) is 12.8 Å². The van der Waals surface area contributed by atoms with Gasteiger partial charge < -0.3 is 15.0 Å². The number of carbonyl (C=O) groups excluding carboxylic acids is 1. The lowest BCUT2D eigenvalue weighted by Crippen LogP contribution is -2.55. The summed E-state index contributed by atoms with van der Waals surface area (Å²) in [5.41, 5.74) is 1.61. The van der Waals surface area contributed by atoms with Crippen LogP contribution < -0.4 is 10.2 Å². The number of rotatable bonds is 2. The maximum Gasteiger partial charge on any atom is 0.249 e. The predicted octanol–water partition coefficient (Wildman–Crippen LogP) is 2.76. The molecular formula is C22H24N6O2. The molecule has 1 aromatic carbocycles. The molecule has 1 unspecified atom stereocenters. The average Bonchev–Trinajstić information content (AvgIpc) is 3.32. The fraction of sp³-hybridized carbons (Fsp3) is 0.273. The topological polar surface area (TPSA) is 85.2 Å². The predicted molar refractivity (Wildman–Crippen MR) is 116 cm³/mol. The minimum atomic E-state index is -0.351. The summed E-state index contributed by atoms with van der Waals surface area (Å²) in [7, 11) is 0. The minimum Gasteiger partial charge on any atom is -0.377 e. The molecule has 0 bridgehead atoms. The molecule has 1 fully saturated rings.